The van der Waals surface area contributed by atoms with Gasteiger partial charge in [-0.3, -0.25) is 0 Å². The summed E-state index contributed by atoms with van der Waals surface area (Å²) in [6, 6.07) is 71.5. The van der Waals surface area contributed by atoms with Crippen LogP contribution in [-0.2, 0) is 0 Å². The highest BCUT2D eigenvalue weighted by Gasteiger charge is 2.22. The SMILES string of the molecule is c1ccc(-c2ccc(-c3nc(-c4ccc5c(c4)oc4ccccc45)nc(-c4ccccc4-c4cc(-n5c6ccccc6c6ccccc65)cc5c4oc4ccccc45)n3)cc2)cc1. The van der Waals surface area contributed by atoms with Crippen LogP contribution >= 0.6 is 0 Å². The maximum atomic E-state index is 6.80. The van der Waals surface area contributed by atoms with Crippen LogP contribution in [0, 0.1) is 0 Å². The van der Waals surface area contributed by atoms with Crippen molar-refractivity contribution in [2.45, 2.75) is 0 Å². The van der Waals surface area contributed by atoms with Crippen molar-refractivity contribution >= 4 is 65.7 Å². The molecule has 9 aromatic carbocycles. The Balaban J connectivity index is 1.05. The van der Waals surface area contributed by atoms with Gasteiger partial charge in [0.25, 0.3) is 0 Å². The summed E-state index contributed by atoms with van der Waals surface area (Å²) in [7, 11) is 0. The van der Waals surface area contributed by atoms with Crippen LogP contribution in [0.3, 0.4) is 0 Å². The van der Waals surface area contributed by atoms with Crippen LogP contribution < -0.4 is 0 Å². The fourth-order valence-electron chi connectivity index (χ4n) is 9.32. The number of fused-ring (bicyclic) bond motifs is 9. The van der Waals surface area contributed by atoms with E-state index in [1.807, 2.05) is 48.5 Å². The minimum absolute atomic E-state index is 0.548. The van der Waals surface area contributed by atoms with Crippen LogP contribution in [0.4, 0.5) is 0 Å². The van der Waals surface area contributed by atoms with E-state index >= 15 is 0 Å². The minimum Gasteiger partial charge on any atom is -0.456 e. The van der Waals surface area contributed by atoms with E-state index in [1.165, 1.54) is 10.8 Å². The molecule has 0 aliphatic carbocycles. The zero-order valence-electron chi connectivity index (χ0n) is 33.7. The van der Waals surface area contributed by atoms with E-state index in [2.05, 4.69) is 162 Å². The fourth-order valence-corrected chi connectivity index (χ4v) is 9.32. The predicted molar refractivity (Wildman–Crippen MR) is 256 cm³/mol. The van der Waals surface area contributed by atoms with Gasteiger partial charge in [0, 0.05) is 60.3 Å². The van der Waals surface area contributed by atoms with Crippen molar-refractivity contribution in [1.29, 1.82) is 0 Å². The summed E-state index contributed by atoms with van der Waals surface area (Å²) in [6.07, 6.45) is 0. The zero-order valence-corrected chi connectivity index (χ0v) is 33.7. The Morgan fingerprint density at radius 2 is 0.810 bits per heavy atom. The van der Waals surface area contributed by atoms with Gasteiger partial charge in [0.15, 0.2) is 17.5 Å². The second kappa shape index (κ2) is 14.0. The highest BCUT2D eigenvalue weighted by Crippen LogP contribution is 2.43. The molecule has 294 valence electrons. The van der Waals surface area contributed by atoms with Crippen LogP contribution in [0.5, 0.6) is 0 Å². The lowest BCUT2D eigenvalue weighted by Crippen LogP contribution is -2.01. The van der Waals surface area contributed by atoms with Gasteiger partial charge in [-0.1, -0.05) is 158 Å². The van der Waals surface area contributed by atoms with E-state index in [1.54, 1.807) is 0 Å². The van der Waals surface area contributed by atoms with Crippen molar-refractivity contribution in [3.05, 3.63) is 206 Å². The molecule has 0 bridgehead atoms. The quantitative estimate of drug-likeness (QED) is 0.167. The number of rotatable bonds is 6. The molecule has 0 aliphatic rings. The van der Waals surface area contributed by atoms with Crippen molar-refractivity contribution < 1.29 is 8.83 Å². The second-order valence-corrected chi connectivity index (χ2v) is 15.9. The second-order valence-electron chi connectivity index (χ2n) is 15.9. The van der Waals surface area contributed by atoms with Gasteiger partial charge in [-0.2, -0.15) is 0 Å². The Labute approximate surface area is 361 Å². The molecule has 0 saturated heterocycles. The van der Waals surface area contributed by atoms with Gasteiger partial charge < -0.3 is 13.4 Å². The third-order valence-corrected chi connectivity index (χ3v) is 12.3. The highest BCUT2D eigenvalue weighted by atomic mass is 16.3. The van der Waals surface area contributed by atoms with Crippen molar-refractivity contribution in [1.82, 2.24) is 19.5 Å². The summed E-state index contributed by atoms with van der Waals surface area (Å²) < 4.78 is 15.5. The van der Waals surface area contributed by atoms with E-state index in [4.69, 9.17) is 23.8 Å². The lowest BCUT2D eigenvalue weighted by molar-refractivity contribution is 0.669. The lowest BCUT2D eigenvalue weighted by Gasteiger charge is -2.15. The molecule has 0 atom stereocenters. The van der Waals surface area contributed by atoms with Gasteiger partial charge in [-0.05, 0) is 65.2 Å². The number of para-hydroxylation sites is 4. The van der Waals surface area contributed by atoms with Gasteiger partial charge in [0.05, 0.1) is 11.0 Å². The first-order valence-electron chi connectivity index (χ1n) is 21.1. The molecule has 13 aromatic rings. The topological polar surface area (TPSA) is 69.9 Å². The molecule has 0 saturated carbocycles. The molecular formula is C57H34N4O2. The summed E-state index contributed by atoms with van der Waals surface area (Å²) >= 11 is 0. The van der Waals surface area contributed by atoms with Crippen molar-refractivity contribution in [3.63, 3.8) is 0 Å². The van der Waals surface area contributed by atoms with Crippen molar-refractivity contribution in [2.24, 2.45) is 0 Å². The third kappa shape index (κ3) is 5.69. The largest absolute Gasteiger partial charge is 0.456 e. The normalized spacial score (nSPS) is 11.8. The van der Waals surface area contributed by atoms with E-state index in [-0.39, 0.29) is 0 Å². The van der Waals surface area contributed by atoms with Crippen LogP contribution in [0.1, 0.15) is 0 Å². The number of nitrogens with zero attached hydrogens (tertiary/aromatic N) is 4. The molecule has 63 heavy (non-hydrogen) atoms. The summed E-state index contributed by atoms with van der Waals surface area (Å²) in [6.45, 7) is 0. The van der Waals surface area contributed by atoms with Gasteiger partial charge in [-0.25, -0.2) is 15.0 Å². The maximum absolute atomic E-state index is 6.80. The summed E-state index contributed by atoms with van der Waals surface area (Å²) in [5.74, 6) is 1.67. The fraction of sp³-hybridized carbons (Fsp3) is 0. The molecule has 0 fully saturated rings. The monoisotopic (exact) mass is 806 g/mol. The molecule has 6 nitrogen and oxygen atoms in total. The average Bonchev–Trinajstić information content (AvgIpc) is 4.03. The van der Waals surface area contributed by atoms with Gasteiger partial charge in [0.2, 0.25) is 0 Å². The molecule has 0 N–H and O–H groups in total. The van der Waals surface area contributed by atoms with Crippen molar-refractivity contribution in [3.8, 4) is 62.1 Å². The number of benzene rings is 9. The van der Waals surface area contributed by atoms with Crippen LogP contribution in [-0.4, -0.2) is 19.5 Å². The third-order valence-electron chi connectivity index (χ3n) is 12.3. The number of hydrogen-bond donors (Lipinski definition) is 0. The van der Waals surface area contributed by atoms with E-state index < -0.39 is 0 Å². The first-order chi connectivity index (χ1) is 31.2. The van der Waals surface area contributed by atoms with Crippen LogP contribution in [0.2, 0.25) is 0 Å². The molecular weight excluding hydrogens is 773 g/mol. The molecule has 0 amide bonds. The van der Waals surface area contributed by atoms with E-state index in [9.17, 15) is 0 Å². The molecule has 4 heterocycles. The average molecular weight is 807 g/mol. The maximum Gasteiger partial charge on any atom is 0.164 e. The van der Waals surface area contributed by atoms with Crippen LogP contribution in [0.25, 0.3) is 128 Å². The summed E-state index contributed by atoms with van der Waals surface area (Å²) in [4.78, 5) is 15.7. The Morgan fingerprint density at radius 3 is 1.54 bits per heavy atom. The highest BCUT2D eigenvalue weighted by molar-refractivity contribution is 6.14. The first kappa shape index (κ1) is 35.2. The van der Waals surface area contributed by atoms with Gasteiger partial charge in [0.1, 0.15) is 22.3 Å². The van der Waals surface area contributed by atoms with Gasteiger partial charge >= 0.3 is 0 Å². The number of hydrogen-bond acceptors (Lipinski definition) is 5. The Kier molecular flexibility index (Phi) is 7.80. The Bertz CT molecular complexity index is 3860. The molecule has 0 radical (unpaired) electrons. The predicted octanol–water partition coefficient (Wildman–Crippen LogP) is 15.1. The van der Waals surface area contributed by atoms with Crippen molar-refractivity contribution in [2.75, 3.05) is 0 Å². The van der Waals surface area contributed by atoms with E-state index in [0.717, 1.165) is 99.5 Å². The summed E-state index contributed by atoms with van der Waals surface area (Å²) in [5, 5.41) is 6.61. The minimum atomic E-state index is 0.548. The molecule has 13 rings (SSSR count). The first-order valence-corrected chi connectivity index (χ1v) is 21.1. The molecule has 0 aliphatic heterocycles. The van der Waals surface area contributed by atoms with Crippen LogP contribution in [0.15, 0.2) is 215 Å². The zero-order chi connectivity index (χ0) is 41.4. The number of aromatic nitrogens is 4. The van der Waals surface area contributed by atoms with E-state index in [0.29, 0.717) is 17.5 Å². The molecule has 0 unspecified atom stereocenters. The number of furan rings is 2. The molecule has 0 spiro atoms. The lowest BCUT2D eigenvalue weighted by atomic mass is 9.96. The Morgan fingerprint density at radius 1 is 0.302 bits per heavy atom. The van der Waals surface area contributed by atoms with Gasteiger partial charge in [-0.15, -0.1) is 0 Å². The molecule has 4 aromatic heterocycles. The standard InChI is InChI=1S/C57H34N4O2/c1-2-14-35(15-3-1)36-26-28-37(29-27-36)55-58-56(38-30-31-45-43-19-8-12-24-51(43)62-53(45)32-38)60-57(59-55)46-21-5-4-16-40(46)47-33-39(34-48-44-20-9-13-25-52(44)63-54(47)48)61-49-22-10-6-17-41(49)42-18-7-11-23-50(42)61/h1-34H. The Hall–Kier alpha value is -8.61. The summed E-state index contributed by atoms with van der Waals surface area (Å²) in [5.41, 5.74) is 13.3. The smallest absolute Gasteiger partial charge is 0.164 e. The molecule has 6 heteroatoms.